The molecule has 0 amide bonds. The highest BCUT2D eigenvalue weighted by Crippen LogP contribution is 2.21. The van der Waals surface area contributed by atoms with Crippen molar-refractivity contribution < 1.29 is 0 Å². The van der Waals surface area contributed by atoms with Crippen molar-refractivity contribution >= 4 is 17.3 Å². The summed E-state index contributed by atoms with van der Waals surface area (Å²) in [6.07, 6.45) is 4.59. The lowest BCUT2D eigenvalue weighted by Gasteiger charge is -2.17. The average molecular weight is 213 g/mol. The lowest BCUT2D eigenvalue weighted by atomic mass is 10.1. The molecule has 1 atom stereocenters. The van der Waals surface area contributed by atoms with E-state index in [1.807, 2.05) is 0 Å². The molecule has 1 unspecified atom stereocenters. The van der Waals surface area contributed by atoms with Crippen molar-refractivity contribution in [2.24, 2.45) is 5.92 Å². The molecule has 1 aromatic heterocycles. The fourth-order valence-corrected chi connectivity index (χ4v) is 1.67. The molecule has 0 bridgehead atoms. The van der Waals surface area contributed by atoms with Crippen LogP contribution >= 0.6 is 11.6 Å². The Bertz CT molecular complexity index is 286. The summed E-state index contributed by atoms with van der Waals surface area (Å²) in [4.78, 5) is 4.03. The second kappa shape index (κ2) is 5.20. The van der Waals surface area contributed by atoms with E-state index < -0.39 is 0 Å². The van der Waals surface area contributed by atoms with Crippen LogP contribution in [-0.4, -0.2) is 11.0 Å². The van der Waals surface area contributed by atoms with E-state index in [1.165, 1.54) is 0 Å². The molecular weight excluding hydrogens is 196 g/mol. The van der Waals surface area contributed by atoms with Gasteiger partial charge in [-0.25, -0.2) is 0 Å². The molecule has 14 heavy (non-hydrogen) atoms. The molecule has 1 N–H and O–H groups in total. The van der Waals surface area contributed by atoms with Gasteiger partial charge in [0.25, 0.3) is 0 Å². The van der Waals surface area contributed by atoms with Crippen molar-refractivity contribution in [3.05, 3.63) is 23.5 Å². The first kappa shape index (κ1) is 11.3. The van der Waals surface area contributed by atoms with Crippen LogP contribution in [0.15, 0.2) is 18.5 Å². The number of aromatic nitrogens is 1. The monoisotopic (exact) mass is 212 g/mol. The molecule has 0 saturated carbocycles. The van der Waals surface area contributed by atoms with Crippen LogP contribution in [0.3, 0.4) is 0 Å². The number of hydrogen-bond donors (Lipinski definition) is 1. The van der Waals surface area contributed by atoms with E-state index >= 15 is 0 Å². The van der Waals surface area contributed by atoms with Crippen LogP contribution in [0, 0.1) is 5.92 Å². The Morgan fingerprint density at radius 1 is 1.43 bits per heavy atom. The molecule has 0 aliphatic carbocycles. The fraction of sp³-hybridized carbons (Fsp3) is 0.545. The minimum atomic E-state index is 0.427. The number of anilines is 1. The van der Waals surface area contributed by atoms with E-state index in [4.69, 9.17) is 11.6 Å². The average Bonchev–Trinajstić information content (AvgIpc) is 2.07. The van der Waals surface area contributed by atoms with Crippen LogP contribution in [0.4, 0.5) is 5.69 Å². The maximum Gasteiger partial charge on any atom is 0.0718 e. The molecule has 0 aliphatic heterocycles. The Balaban J connectivity index is 2.56. The molecule has 78 valence electrons. The van der Waals surface area contributed by atoms with Gasteiger partial charge >= 0.3 is 0 Å². The number of pyridine rings is 1. The van der Waals surface area contributed by atoms with Crippen molar-refractivity contribution in [2.45, 2.75) is 33.2 Å². The van der Waals surface area contributed by atoms with Crippen LogP contribution in [0.5, 0.6) is 0 Å². The largest absolute Gasteiger partial charge is 0.380 e. The van der Waals surface area contributed by atoms with E-state index in [9.17, 15) is 0 Å². The van der Waals surface area contributed by atoms with E-state index in [2.05, 4.69) is 31.1 Å². The topological polar surface area (TPSA) is 24.9 Å². The second-order valence-corrected chi connectivity index (χ2v) is 4.44. The van der Waals surface area contributed by atoms with Gasteiger partial charge in [0.05, 0.1) is 16.9 Å². The predicted molar refractivity (Wildman–Crippen MR) is 61.8 cm³/mol. The molecule has 0 aliphatic rings. The molecule has 1 heterocycles. The van der Waals surface area contributed by atoms with E-state index in [0.29, 0.717) is 12.0 Å². The summed E-state index contributed by atoms with van der Waals surface area (Å²) < 4.78 is 0. The highest BCUT2D eigenvalue weighted by atomic mass is 35.5. The molecule has 1 rings (SSSR count). The number of halogens is 1. The molecule has 3 heteroatoms. The van der Waals surface area contributed by atoms with Gasteiger partial charge < -0.3 is 5.32 Å². The number of rotatable bonds is 4. The summed E-state index contributed by atoms with van der Waals surface area (Å²) in [5.74, 6) is 0.688. The van der Waals surface area contributed by atoms with E-state index in [0.717, 1.165) is 17.1 Å². The normalized spacial score (nSPS) is 12.9. The standard InChI is InChI=1S/C11H17ClN2/c1-8(2)6-9(3)14-11-7-13-5-4-10(11)12/h4-5,7-9,14H,6H2,1-3H3. The molecule has 0 fully saturated rings. The quantitative estimate of drug-likeness (QED) is 0.825. The van der Waals surface area contributed by atoms with Gasteiger partial charge in [-0.05, 0) is 25.3 Å². The summed E-state index contributed by atoms with van der Waals surface area (Å²) in [5, 5.41) is 4.08. The summed E-state index contributed by atoms with van der Waals surface area (Å²) in [6.45, 7) is 6.58. The van der Waals surface area contributed by atoms with Gasteiger partial charge in [-0.1, -0.05) is 25.4 Å². The lowest BCUT2D eigenvalue weighted by molar-refractivity contribution is 0.539. The third-order valence-electron chi connectivity index (χ3n) is 1.99. The highest BCUT2D eigenvalue weighted by molar-refractivity contribution is 6.33. The Kier molecular flexibility index (Phi) is 4.21. The van der Waals surface area contributed by atoms with Crippen molar-refractivity contribution in [3.8, 4) is 0 Å². The number of nitrogens with zero attached hydrogens (tertiary/aromatic N) is 1. The molecule has 0 aromatic carbocycles. The third kappa shape index (κ3) is 3.54. The van der Waals surface area contributed by atoms with Crippen molar-refractivity contribution in [1.29, 1.82) is 0 Å². The summed E-state index contributed by atoms with van der Waals surface area (Å²) in [5.41, 5.74) is 0.919. The van der Waals surface area contributed by atoms with Gasteiger partial charge in [-0.15, -0.1) is 0 Å². The molecular formula is C11H17ClN2. The minimum Gasteiger partial charge on any atom is -0.380 e. The predicted octanol–water partition coefficient (Wildman–Crippen LogP) is 3.58. The van der Waals surface area contributed by atoms with Crippen LogP contribution < -0.4 is 5.32 Å². The first-order valence-electron chi connectivity index (χ1n) is 4.95. The van der Waals surface area contributed by atoms with Crippen LogP contribution in [-0.2, 0) is 0 Å². The zero-order valence-electron chi connectivity index (χ0n) is 8.92. The zero-order valence-corrected chi connectivity index (χ0v) is 9.67. The highest BCUT2D eigenvalue weighted by Gasteiger charge is 2.06. The molecule has 1 aromatic rings. The van der Waals surface area contributed by atoms with Crippen LogP contribution in [0.1, 0.15) is 27.2 Å². The SMILES string of the molecule is CC(C)CC(C)Nc1cnccc1Cl. The molecule has 0 radical (unpaired) electrons. The Hall–Kier alpha value is -0.760. The van der Waals surface area contributed by atoms with Gasteiger partial charge in [0.2, 0.25) is 0 Å². The maximum absolute atomic E-state index is 6.00. The molecule has 2 nitrogen and oxygen atoms in total. The Morgan fingerprint density at radius 3 is 2.71 bits per heavy atom. The number of hydrogen-bond acceptors (Lipinski definition) is 2. The molecule has 0 spiro atoms. The summed E-state index contributed by atoms with van der Waals surface area (Å²) in [6, 6.07) is 2.23. The van der Waals surface area contributed by atoms with Gasteiger partial charge in [0.15, 0.2) is 0 Å². The maximum atomic E-state index is 6.00. The third-order valence-corrected chi connectivity index (χ3v) is 2.32. The van der Waals surface area contributed by atoms with E-state index in [1.54, 1.807) is 18.5 Å². The second-order valence-electron chi connectivity index (χ2n) is 4.03. The smallest absolute Gasteiger partial charge is 0.0718 e. The van der Waals surface area contributed by atoms with E-state index in [-0.39, 0.29) is 0 Å². The Morgan fingerprint density at radius 2 is 2.14 bits per heavy atom. The lowest BCUT2D eigenvalue weighted by Crippen LogP contribution is -2.17. The first-order valence-corrected chi connectivity index (χ1v) is 5.33. The minimum absolute atomic E-state index is 0.427. The van der Waals surface area contributed by atoms with Crippen LogP contribution in [0.2, 0.25) is 5.02 Å². The van der Waals surface area contributed by atoms with Crippen LogP contribution in [0.25, 0.3) is 0 Å². The zero-order chi connectivity index (χ0) is 10.6. The van der Waals surface area contributed by atoms with Crippen molar-refractivity contribution in [1.82, 2.24) is 4.98 Å². The van der Waals surface area contributed by atoms with Gasteiger partial charge in [0.1, 0.15) is 0 Å². The van der Waals surface area contributed by atoms with Crippen molar-refractivity contribution in [2.75, 3.05) is 5.32 Å². The van der Waals surface area contributed by atoms with Gasteiger partial charge in [-0.3, -0.25) is 4.98 Å². The van der Waals surface area contributed by atoms with Gasteiger partial charge in [-0.2, -0.15) is 0 Å². The molecule has 0 saturated heterocycles. The summed E-state index contributed by atoms with van der Waals surface area (Å²) >= 11 is 6.00. The first-order chi connectivity index (χ1) is 6.59. The fourth-order valence-electron chi connectivity index (χ4n) is 1.52. The summed E-state index contributed by atoms with van der Waals surface area (Å²) in [7, 11) is 0. The van der Waals surface area contributed by atoms with Crippen molar-refractivity contribution in [3.63, 3.8) is 0 Å². The number of nitrogens with one attached hydrogen (secondary N) is 1. The Labute approximate surface area is 90.7 Å². The van der Waals surface area contributed by atoms with Gasteiger partial charge in [0, 0.05) is 12.2 Å².